The van der Waals surface area contributed by atoms with Crippen LogP contribution in [0.2, 0.25) is 0 Å². The van der Waals surface area contributed by atoms with Gasteiger partial charge in [0.2, 0.25) is 0 Å². The van der Waals surface area contributed by atoms with Gasteiger partial charge in [0.15, 0.2) is 11.5 Å². The summed E-state index contributed by atoms with van der Waals surface area (Å²) in [6, 6.07) is 5.98. The summed E-state index contributed by atoms with van der Waals surface area (Å²) in [6.07, 6.45) is 3.51. The van der Waals surface area contributed by atoms with Gasteiger partial charge in [0.1, 0.15) is 4.60 Å². The van der Waals surface area contributed by atoms with Crippen molar-refractivity contribution in [2.24, 2.45) is 0 Å². The first-order chi connectivity index (χ1) is 8.74. The number of methoxy groups -OCH3 is 2. The van der Waals surface area contributed by atoms with Crippen LogP contribution in [0.4, 0.5) is 0 Å². The molecule has 1 heterocycles. The Labute approximate surface area is 114 Å². The molecule has 4 nitrogen and oxygen atoms in total. The summed E-state index contributed by atoms with van der Waals surface area (Å²) >= 11 is 3.40. The quantitative estimate of drug-likeness (QED) is 0.923. The van der Waals surface area contributed by atoms with Gasteiger partial charge in [0, 0.05) is 5.69 Å². The number of aromatic amines is 1. The number of aromatic nitrogens is 2. The molecule has 0 atom stereocenters. The maximum absolute atomic E-state index is 5.28. The van der Waals surface area contributed by atoms with Crippen molar-refractivity contribution in [3.8, 4) is 11.5 Å². The van der Waals surface area contributed by atoms with E-state index >= 15 is 0 Å². The molecular weight excluding hydrogens is 296 g/mol. The summed E-state index contributed by atoms with van der Waals surface area (Å²) in [4.78, 5) is 7.22. The molecule has 1 aromatic heterocycles. The maximum Gasteiger partial charge on any atom is 0.160 e. The van der Waals surface area contributed by atoms with Gasteiger partial charge in [-0.25, -0.2) is 4.98 Å². The normalized spacial score (nSPS) is 10.4. The summed E-state index contributed by atoms with van der Waals surface area (Å²) in [5.41, 5.74) is 2.30. The summed E-state index contributed by atoms with van der Waals surface area (Å²) < 4.78 is 11.4. The molecule has 0 amide bonds. The van der Waals surface area contributed by atoms with Crippen molar-refractivity contribution in [1.29, 1.82) is 0 Å². The molecule has 96 valence electrons. The highest BCUT2D eigenvalue weighted by Crippen LogP contribution is 2.28. The van der Waals surface area contributed by atoms with Gasteiger partial charge in [-0.05, 0) is 46.5 Å². The molecule has 2 rings (SSSR count). The second-order valence-corrected chi connectivity index (χ2v) is 4.61. The number of rotatable bonds is 5. The molecule has 0 radical (unpaired) electrons. The largest absolute Gasteiger partial charge is 0.493 e. The van der Waals surface area contributed by atoms with Crippen molar-refractivity contribution >= 4 is 15.9 Å². The van der Waals surface area contributed by atoms with Crippen molar-refractivity contribution in [2.75, 3.05) is 14.2 Å². The van der Waals surface area contributed by atoms with E-state index in [0.717, 1.165) is 34.6 Å². The highest BCUT2D eigenvalue weighted by molar-refractivity contribution is 9.10. The Morgan fingerprint density at radius 3 is 2.56 bits per heavy atom. The number of nitrogens with one attached hydrogen (secondary N) is 1. The SMILES string of the molecule is COc1ccc(CCc2[nH]cnc2Br)cc1OC. The highest BCUT2D eigenvalue weighted by atomic mass is 79.9. The Morgan fingerprint density at radius 1 is 1.17 bits per heavy atom. The van der Waals surface area contributed by atoms with Crippen LogP contribution in [0.15, 0.2) is 29.1 Å². The minimum absolute atomic E-state index is 0.754. The van der Waals surface area contributed by atoms with Crippen LogP contribution in [0.5, 0.6) is 11.5 Å². The number of H-pyrrole nitrogens is 1. The van der Waals surface area contributed by atoms with E-state index in [4.69, 9.17) is 9.47 Å². The molecule has 1 aromatic carbocycles. The number of hydrogen-bond acceptors (Lipinski definition) is 3. The highest BCUT2D eigenvalue weighted by Gasteiger charge is 2.06. The fraction of sp³-hybridized carbons (Fsp3) is 0.308. The van der Waals surface area contributed by atoms with E-state index in [-0.39, 0.29) is 0 Å². The smallest absolute Gasteiger partial charge is 0.160 e. The zero-order valence-corrected chi connectivity index (χ0v) is 12.0. The Balaban J connectivity index is 2.08. The average molecular weight is 311 g/mol. The molecule has 0 saturated carbocycles. The van der Waals surface area contributed by atoms with Gasteiger partial charge < -0.3 is 14.5 Å². The van der Waals surface area contributed by atoms with Crippen LogP contribution in [-0.2, 0) is 12.8 Å². The first-order valence-corrected chi connectivity index (χ1v) is 6.42. The van der Waals surface area contributed by atoms with Gasteiger partial charge in [-0.2, -0.15) is 0 Å². The van der Waals surface area contributed by atoms with Crippen LogP contribution in [0.25, 0.3) is 0 Å². The number of nitrogens with zero attached hydrogens (tertiary/aromatic N) is 1. The molecule has 0 spiro atoms. The van der Waals surface area contributed by atoms with Gasteiger partial charge in [0.25, 0.3) is 0 Å². The molecule has 0 saturated heterocycles. The molecule has 18 heavy (non-hydrogen) atoms. The summed E-state index contributed by atoms with van der Waals surface area (Å²) in [5, 5.41) is 0. The third kappa shape index (κ3) is 2.85. The van der Waals surface area contributed by atoms with Crippen molar-refractivity contribution in [2.45, 2.75) is 12.8 Å². The summed E-state index contributed by atoms with van der Waals surface area (Å²) in [7, 11) is 3.28. The second kappa shape index (κ2) is 5.91. The Hall–Kier alpha value is -1.49. The molecule has 5 heteroatoms. The van der Waals surface area contributed by atoms with Crippen molar-refractivity contribution in [3.63, 3.8) is 0 Å². The van der Waals surface area contributed by atoms with Crippen LogP contribution in [0, 0.1) is 0 Å². The molecule has 2 aromatic rings. The lowest BCUT2D eigenvalue weighted by molar-refractivity contribution is 0.354. The monoisotopic (exact) mass is 310 g/mol. The lowest BCUT2D eigenvalue weighted by Crippen LogP contribution is -1.95. The van der Waals surface area contributed by atoms with E-state index in [0.29, 0.717) is 0 Å². The van der Waals surface area contributed by atoms with Gasteiger partial charge in [-0.15, -0.1) is 0 Å². The summed E-state index contributed by atoms with van der Waals surface area (Å²) in [5.74, 6) is 1.52. The van der Waals surface area contributed by atoms with E-state index in [1.807, 2.05) is 18.2 Å². The summed E-state index contributed by atoms with van der Waals surface area (Å²) in [6.45, 7) is 0. The second-order valence-electron chi connectivity index (χ2n) is 3.86. The maximum atomic E-state index is 5.28. The van der Waals surface area contributed by atoms with Gasteiger partial charge >= 0.3 is 0 Å². The van der Waals surface area contributed by atoms with E-state index in [9.17, 15) is 0 Å². The first kappa shape index (κ1) is 13.0. The van der Waals surface area contributed by atoms with Crippen LogP contribution in [-0.4, -0.2) is 24.2 Å². The third-order valence-electron chi connectivity index (χ3n) is 2.78. The number of halogens is 1. The van der Waals surface area contributed by atoms with E-state index < -0.39 is 0 Å². The lowest BCUT2D eigenvalue weighted by atomic mass is 10.1. The number of benzene rings is 1. The molecule has 0 aliphatic rings. The number of hydrogen-bond donors (Lipinski definition) is 1. The molecule has 0 fully saturated rings. The molecule has 1 N–H and O–H groups in total. The molecular formula is C13H15BrN2O2. The molecule has 0 bridgehead atoms. The standard InChI is InChI=1S/C13H15BrN2O2/c1-17-11-6-4-9(7-12(11)18-2)3-5-10-13(14)16-8-15-10/h4,6-8H,3,5H2,1-2H3,(H,15,16). The first-order valence-electron chi connectivity index (χ1n) is 5.63. The minimum atomic E-state index is 0.754. The number of aryl methyl sites for hydroxylation is 2. The fourth-order valence-electron chi connectivity index (χ4n) is 1.79. The van der Waals surface area contributed by atoms with Gasteiger partial charge in [0.05, 0.1) is 20.5 Å². The van der Waals surface area contributed by atoms with Gasteiger partial charge in [-0.1, -0.05) is 6.07 Å². The Kier molecular flexibility index (Phi) is 4.25. The van der Waals surface area contributed by atoms with Crippen molar-refractivity contribution < 1.29 is 9.47 Å². The fourth-order valence-corrected chi connectivity index (χ4v) is 2.20. The van der Waals surface area contributed by atoms with E-state index in [2.05, 4.69) is 25.9 Å². The minimum Gasteiger partial charge on any atom is -0.493 e. The van der Waals surface area contributed by atoms with Crippen LogP contribution in [0.3, 0.4) is 0 Å². The topological polar surface area (TPSA) is 47.1 Å². The Morgan fingerprint density at radius 2 is 1.94 bits per heavy atom. The van der Waals surface area contributed by atoms with Crippen LogP contribution >= 0.6 is 15.9 Å². The zero-order chi connectivity index (χ0) is 13.0. The number of ether oxygens (including phenoxy) is 2. The van der Waals surface area contributed by atoms with Gasteiger partial charge in [-0.3, -0.25) is 0 Å². The Bertz CT molecular complexity index is 525. The zero-order valence-electron chi connectivity index (χ0n) is 10.4. The lowest BCUT2D eigenvalue weighted by Gasteiger charge is -2.09. The number of imidazole rings is 1. The predicted octanol–water partition coefficient (Wildman–Crippen LogP) is 2.97. The molecule has 0 unspecified atom stereocenters. The average Bonchev–Trinajstić information content (AvgIpc) is 2.81. The molecule has 0 aliphatic heterocycles. The van der Waals surface area contributed by atoms with Crippen LogP contribution < -0.4 is 9.47 Å². The van der Waals surface area contributed by atoms with Crippen molar-refractivity contribution in [3.05, 3.63) is 40.4 Å². The third-order valence-corrected chi connectivity index (χ3v) is 3.46. The van der Waals surface area contributed by atoms with E-state index in [1.165, 1.54) is 5.56 Å². The van der Waals surface area contributed by atoms with E-state index in [1.54, 1.807) is 20.5 Å². The predicted molar refractivity (Wildman–Crippen MR) is 73.2 cm³/mol. The molecule has 0 aliphatic carbocycles. The van der Waals surface area contributed by atoms with Crippen molar-refractivity contribution in [1.82, 2.24) is 9.97 Å². The van der Waals surface area contributed by atoms with Crippen LogP contribution in [0.1, 0.15) is 11.3 Å².